The van der Waals surface area contributed by atoms with Gasteiger partial charge in [-0.25, -0.2) is 0 Å². The van der Waals surface area contributed by atoms with Crippen LogP contribution in [0.3, 0.4) is 0 Å². The zero-order chi connectivity index (χ0) is 14.5. The van der Waals surface area contributed by atoms with Crippen LogP contribution in [0, 0.1) is 0 Å². The van der Waals surface area contributed by atoms with Gasteiger partial charge in [0.2, 0.25) is 5.91 Å². The fourth-order valence-electron chi connectivity index (χ4n) is 1.67. The number of furan rings is 1. The summed E-state index contributed by atoms with van der Waals surface area (Å²) >= 11 is 0. The molecule has 0 radical (unpaired) electrons. The van der Waals surface area contributed by atoms with E-state index in [1.165, 1.54) is 12.3 Å². The molecule has 2 N–H and O–H groups in total. The molecule has 0 saturated heterocycles. The number of imide groups is 1. The standard InChI is InChI=1S/C13H20N2O4/c1-4-15(9-13(2,3)18)8-11(16)14-12(17)10-6-5-7-19-10/h5-7,18H,4,8-9H2,1-3H3,(H,14,16,17). The fourth-order valence-corrected chi connectivity index (χ4v) is 1.67. The van der Waals surface area contributed by atoms with Gasteiger partial charge >= 0.3 is 0 Å². The fraction of sp³-hybridized carbons (Fsp3) is 0.538. The van der Waals surface area contributed by atoms with Crippen molar-refractivity contribution in [1.82, 2.24) is 10.2 Å². The van der Waals surface area contributed by atoms with Crippen LogP contribution in [0.2, 0.25) is 0 Å². The zero-order valence-electron chi connectivity index (χ0n) is 11.5. The highest BCUT2D eigenvalue weighted by atomic mass is 16.3. The van der Waals surface area contributed by atoms with E-state index in [2.05, 4.69) is 5.32 Å². The summed E-state index contributed by atoms with van der Waals surface area (Å²) in [6.45, 7) is 6.22. The summed E-state index contributed by atoms with van der Waals surface area (Å²) in [5.41, 5.74) is -0.888. The first-order chi connectivity index (χ1) is 8.81. The van der Waals surface area contributed by atoms with Gasteiger partial charge in [0, 0.05) is 6.54 Å². The molecule has 1 aromatic heterocycles. The van der Waals surface area contributed by atoms with E-state index in [0.717, 1.165) is 0 Å². The quantitative estimate of drug-likeness (QED) is 0.790. The molecule has 0 fully saturated rings. The van der Waals surface area contributed by atoms with Gasteiger partial charge in [0.05, 0.1) is 18.4 Å². The van der Waals surface area contributed by atoms with Gasteiger partial charge in [0.25, 0.3) is 5.91 Å². The van der Waals surface area contributed by atoms with Gasteiger partial charge < -0.3 is 9.52 Å². The van der Waals surface area contributed by atoms with Gasteiger partial charge in [-0.2, -0.15) is 0 Å². The number of aliphatic hydroxyl groups is 1. The lowest BCUT2D eigenvalue weighted by Gasteiger charge is -2.27. The molecular weight excluding hydrogens is 248 g/mol. The topological polar surface area (TPSA) is 82.8 Å². The van der Waals surface area contributed by atoms with E-state index in [9.17, 15) is 14.7 Å². The molecule has 0 atom stereocenters. The molecule has 19 heavy (non-hydrogen) atoms. The van der Waals surface area contributed by atoms with Gasteiger partial charge in [-0.1, -0.05) is 6.92 Å². The van der Waals surface area contributed by atoms with Crippen LogP contribution < -0.4 is 5.32 Å². The Hall–Kier alpha value is -1.66. The molecule has 106 valence electrons. The number of carbonyl (C=O) groups excluding carboxylic acids is 2. The number of likely N-dealkylation sites (N-methyl/N-ethyl adjacent to an activating group) is 1. The number of hydrogen-bond donors (Lipinski definition) is 2. The molecule has 0 saturated carbocycles. The van der Waals surface area contributed by atoms with E-state index in [-0.39, 0.29) is 12.3 Å². The molecule has 1 aromatic rings. The van der Waals surface area contributed by atoms with Crippen LogP contribution in [0.25, 0.3) is 0 Å². The minimum atomic E-state index is -0.888. The van der Waals surface area contributed by atoms with Gasteiger partial charge in [-0.3, -0.25) is 19.8 Å². The van der Waals surface area contributed by atoms with Crippen LogP contribution in [0.4, 0.5) is 0 Å². The second kappa shape index (κ2) is 6.49. The molecule has 0 aromatic carbocycles. The van der Waals surface area contributed by atoms with Crippen LogP contribution in [0.5, 0.6) is 0 Å². The van der Waals surface area contributed by atoms with Crippen molar-refractivity contribution in [1.29, 1.82) is 0 Å². The number of rotatable bonds is 6. The third-order valence-electron chi connectivity index (χ3n) is 2.42. The molecule has 6 nitrogen and oxygen atoms in total. The first kappa shape index (κ1) is 15.4. The molecule has 0 bridgehead atoms. The number of amides is 2. The number of carbonyl (C=O) groups is 2. The van der Waals surface area contributed by atoms with E-state index >= 15 is 0 Å². The molecule has 1 heterocycles. The molecule has 1 rings (SSSR count). The lowest BCUT2D eigenvalue weighted by atomic mass is 10.1. The van der Waals surface area contributed by atoms with Crippen molar-refractivity contribution in [2.75, 3.05) is 19.6 Å². The van der Waals surface area contributed by atoms with Crippen molar-refractivity contribution in [3.8, 4) is 0 Å². The minimum Gasteiger partial charge on any atom is -0.459 e. The van der Waals surface area contributed by atoms with Crippen molar-refractivity contribution in [3.63, 3.8) is 0 Å². The number of nitrogens with zero attached hydrogens (tertiary/aromatic N) is 1. The third kappa shape index (κ3) is 5.67. The second-order valence-corrected chi connectivity index (χ2v) is 4.97. The Morgan fingerprint density at radius 3 is 2.63 bits per heavy atom. The summed E-state index contributed by atoms with van der Waals surface area (Å²) in [7, 11) is 0. The minimum absolute atomic E-state index is 0.0486. The summed E-state index contributed by atoms with van der Waals surface area (Å²) in [6, 6.07) is 3.06. The van der Waals surface area contributed by atoms with Gasteiger partial charge in [-0.15, -0.1) is 0 Å². The Bertz CT molecular complexity index is 420. The first-order valence-corrected chi connectivity index (χ1v) is 6.14. The Kier molecular flexibility index (Phi) is 5.26. The van der Waals surface area contributed by atoms with E-state index < -0.39 is 17.4 Å². The Morgan fingerprint density at radius 2 is 2.16 bits per heavy atom. The van der Waals surface area contributed by atoms with Crippen LogP contribution in [-0.4, -0.2) is 47.1 Å². The van der Waals surface area contributed by atoms with Crippen molar-refractivity contribution < 1.29 is 19.1 Å². The van der Waals surface area contributed by atoms with E-state index in [4.69, 9.17) is 4.42 Å². The van der Waals surface area contributed by atoms with Gasteiger partial charge in [-0.05, 0) is 32.5 Å². The maximum absolute atomic E-state index is 11.7. The third-order valence-corrected chi connectivity index (χ3v) is 2.42. The lowest BCUT2D eigenvalue weighted by Crippen LogP contribution is -2.45. The summed E-state index contributed by atoms with van der Waals surface area (Å²) in [5.74, 6) is -0.888. The maximum Gasteiger partial charge on any atom is 0.293 e. The monoisotopic (exact) mass is 268 g/mol. The zero-order valence-corrected chi connectivity index (χ0v) is 11.5. The van der Waals surface area contributed by atoms with Gasteiger partial charge in [0.15, 0.2) is 5.76 Å². The highest BCUT2D eigenvalue weighted by Gasteiger charge is 2.20. The summed E-state index contributed by atoms with van der Waals surface area (Å²) < 4.78 is 4.89. The lowest BCUT2D eigenvalue weighted by molar-refractivity contribution is -0.121. The highest BCUT2D eigenvalue weighted by molar-refractivity contribution is 6.03. The first-order valence-electron chi connectivity index (χ1n) is 6.14. The molecule has 0 spiro atoms. The SMILES string of the molecule is CCN(CC(=O)NC(=O)c1ccco1)CC(C)(C)O. The molecule has 0 aliphatic heterocycles. The van der Waals surface area contributed by atoms with Crippen molar-refractivity contribution in [2.24, 2.45) is 0 Å². The summed E-state index contributed by atoms with van der Waals surface area (Å²) in [6.07, 6.45) is 1.37. The Balaban J connectivity index is 2.47. The van der Waals surface area contributed by atoms with E-state index in [0.29, 0.717) is 13.1 Å². The molecular formula is C13H20N2O4. The molecule has 6 heteroatoms. The number of nitrogens with one attached hydrogen (secondary N) is 1. The van der Waals surface area contributed by atoms with Crippen LogP contribution in [0.15, 0.2) is 22.8 Å². The largest absolute Gasteiger partial charge is 0.459 e. The predicted molar refractivity (Wildman–Crippen MR) is 69.6 cm³/mol. The van der Waals surface area contributed by atoms with Crippen LogP contribution >= 0.6 is 0 Å². The molecule has 0 aliphatic rings. The van der Waals surface area contributed by atoms with E-state index in [1.807, 2.05) is 6.92 Å². The van der Waals surface area contributed by atoms with Crippen molar-refractivity contribution in [2.45, 2.75) is 26.4 Å². The van der Waals surface area contributed by atoms with Crippen molar-refractivity contribution >= 4 is 11.8 Å². The van der Waals surface area contributed by atoms with Crippen LogP contribution in [-0.2, 0) is 4.79 Å². The number of hydrogen-bond acceptors (Lipinski definition) is 5. The highest BCUT2D eigenvalue weighted by Crippen LogP contribution is 2.04. The van der Waals surface area contributed by atoms with Crippen molar-refractivity contribution in [3.05, 3.63) is 24.2 Å². The average Bonchev–Trinajstić information content (AvgIpc) is 2.79. The molecule has 0 unspecified atom stereocenters. The smallest absolute Gasteiger partial charge is 0.293 e. The maximum atomic E-state index is 11.7. The Labute approximate surface area is 112 Å². The summed E-state index contributed by atoms with van der Waals surface area (Å²) in [5, 5.41) is 11.9. The normalized spacial score (nSPS) is 11.6. The van der Waals surface area contributed by atoms with Crippen LogP contribution in [0.1, 0.15) is 31.3 Å². The molecule has 0 aliphatic carbocycles. The predicted octanol–water partition coefficient (Wildman–Crippen LogP) is 0.629. The van der Waals surface area contributed by atoms with Gasteiger partial charge in [0.1, 0.15) is 0 Å². The Morgan fingerprint density at radius 1 is 1.47 bits per heavy atom. The van der Waals surface area contributed by atoms with E-state index in [1.54, 1.807) is 24.8 Å². The summed E-state index contributed by atoms with van der Waals surface area (Å²) in [4.78, 5) is 25.0. The molecule has 2 amide bonds. The second-order valence-electron chi connectivity index (χ2n) is 4.97. The average molecular weight is 268 g/mol.